The van der Waals surface area contributed by atoms with Crippen molar-refractivity contribution in [2.24, 2.45) is 7.05 Å². The number of nitrogens with one attached hydrogen (secondary N) is 1. The van der Waals surface area contributed by atoms with Gasteiger partial charge in [0.05, 0.1) is 12.1 Å². The monoisotopic (exact) mass is 339 g/mol. The third-order valence-corrected chi connectivity index (χ3v) is 5.16. The summed E-state index contributed by atoms with van der Waals surface area (Å²) in [5, 5.41) is 18.4. The number of carboxylic acids is 1. The van der Waals surface area contributed by atoms with Crippen molar-refractivity contribution in [1.29, 1.82) is 0 Å². The van der Waals surface area contributed by atoms with Crippen LogP contribution in [0.3, 0.4) is 0 Å². The van der Waals surface area contributed by atoms with Crippen LogP contribution in [-0.2, 0) is 13.6 Å². The second-order valence-electron chi connectivity index (χ2n) is 6.72. The standard InChI is InChI=1S/C18H21N5O2/c1-22-11-20-21-17(22)10-23-6-4-12(5-7-23)15-9-19-16-3-2-13(18(24)25)8-14(15)16/h2-3,8-9,11-12,19H,4-7,10H2,1H3,(H,24,25). The second-order valence-corrected chi connectivity index (χ2v) is 6.72. The molecule has 1 aliphatic heterocycles. The number of aromatic amines is 1. The molecule has 0 bridgehead atoms. The zero-order chi connectivity index (χ0) is 17.4. The molecule has 0 radical (unpaired) electrons. The van der Waals surface area contributed by atoms with Crippen LogP contribution in [0.15, 0.2) is 30.7 Å². The third-order valence-electron chi connectivity index (χ3n) is 5.16. The zero-order valence-corrected chi connectivity index (χ0v) is 14.1. The van der Waals surface area contributed by atoms with Crippen molar-refractivity contribution in [2.45, 2.75) is 25.3 Å². The first-order chi connectivity index (χ1) is 12.1. The molecule has 0 unspecified atom stereocenters. The number of fused-ring (bicyclic) bond motifs is 1. The molecule has 130 valence electrons. The molecule has 3 aromatic rings. The van der Waals surface area contributed by atoms with Crippen LogP contribution in [0, 0.1) is 0 Å². The van der Waals surface area contributed by atoms with Gasteiger partial charge in [0.2, 0.25) is 0 Å². The Kier molecular flexibility index (Phi) is 4.01. The lowest BCUT2D eigenvalue weighted by molar-refractivity contribution is 0.0697. The summed E-state index contributed by atoms with van der Waals surface area (Å²) in [5.41, 5.74) is 2.57. The van der Waals surface area contributed by atoms with Crippen molar-refractivity contribution in [3.63, 3.8) is 0 Å². The Hall–Kier alpha value is -2.67. The largest absolute Gasteiger partial charge is 0.478 e. The van der Waals surface area contributed by atoms with Crippen molar-refractivity contribution >= 4 is 16.9 Å². The molecule has 0 saturated carbocycles. The predicted molar refractivity (Wildman–Crippen MR) is 93.5 cm³/mol. The van der Waals surface area contributed by atoms with Gasteiger partial charge in [-0.2, -0.15) is 0 Å². The van der Waals surface area contributed by atoms with Gasteiger partial charge in [0.25, 0.3) is 0 Å². The summed E-state index contributed by atoms with van der Waals surface area (Å²) in [4.78, 5) is 16.9. The van der Waals surface area contributed by atoms with Gasteiger partial charge in [-0.1, -0.05) is 0 Å². The summed E-state index contributed by atoms with van der Waals surface area (Å²) in [6.07, 6.45) is 5.89. The molecule has 2 aromatic heterocycles. The summed E-state index contributed by atoms with van der Waals surface area (Å²) in [5.74, 6) is 0.553. The fourth-order valence-electron chi connectivity index (χ4n) is 3.67. The Morgan fingerprint density at radius 1 is 1.36 bits per heavy atom. The predicted octanol–water partition coefficient (Wildman–Crippen LogP) is 2.37. The number of rotatable bonds is 4. The van der Waals surface area contributed by atoms with Gasteiger partial charge in [-0.05, 0) is 55.6 Å². The molecule has 1 saturated heterocycles. The van der Waals surface area contributed by atoms with E-state index >= 15 is 0 Å². The number of nitrogens with zero attached hydrogens (tertiary/aromatic N) is 4. The van der Waals surface area contributed by atoms with Gasteiger partial charge < -0.3 is 14.7 Å². The highest BCUT2D eigenvalue weighted by molar-refractivity contribution is 5.94. The molecule has 0 spiro atoms. The number of benzene rings is 1. The van der Waals surface area contributed by atoms with Crippen LogP contribution in [-0.4, -0.2) is 48.8 Å². The molecular formula is C18H21N5O2. The van der Waals surface area contributed by atoms with Crippen molar-refractivity contribution in [3.05, 3.63) is 47.7 Å². The normalized spacial score (nSPS) is 16.5. The van der Waals surface area contributed by atoms with Crippen LogP contribution in [0.25, 0.3) is 10.9 Å². The summed E-state index contributed by atoms with van der Waals surface area (Å²) >= 11 is 0. The van der Waals surface area contributed by atoms with E-state index in [1.165, 1.54) is 5.56 Å². The molecule has 3 heterocycles. The number of hydrogen-bond donors (Lipinski definition) is 2. The van der Waals surface area contributed by atoms with Crippen molar-refractivity contribution in [3.8, 4) is 0 Å². The summed E-state index contributed by atoms with van der Waals surface area (Å²) in [6.45, 7) is 2.83. The lowest BCUT2D eigenvalue weighted by atomic mass is 9.89. The highest BCUT2D eigenvalue weighted by atomic mass is 16.4. The third kappa shape index (κ3) is 3.02. The molecule has 0 amide bonds. The van der Waals surface area contributed by atoms with E-state index in [0.29, 0.717) is 11.5 Å². The minimum absolute atomic E-state index is 0.341. The van der Waals surface area contributed by atoms with Gasteiger partial charge >= 0.3 is 5.97 Å². The van der Waals surface area contributed by atoms with Gasteiger partial charge in [-0.15, -0.1) is 10.2 Å². The Balaban J connectivity index is 1.49. The molecular weight excluding hydrogens is 318 g/mol. The van der Waals surface area contributed by atoms with Crippen LogP contribution in [0.4, 0.5) is 0 Å². The van der Waals surface area contributed by atoms with Crippen LogP contribution < -0.4 is 0 Å². The van der Waals surface area contributed by atoms with Crippen molar-refractivity contribution in [2.75, 3.05) is 13.1 Å². The number of H-pyrrole nitrogens is 1. The maximum Gasteiger partial charge on any atom is 0.335 e. The van der Waals surface area contributed by atoms with Crippen molar-refractivity contribution in [1.82, 2.24) is 24.6 Å². The van der Waals surface area contributed by atoms with E-state index in [4.69, 9.17) is 0 Å². The summed E-state index contributed by atoms with van der Waals surface area (Å²) < 4.78 is 1.96. The molecule has 25 heavy (non-hydrogen) atoms. The SMILES string of the molecule is Cn1cnnc1CN1CCC(c2c[nH]c3ccc(C(=O)O)cc23)CC1. The maximum atomic E-state index is 11.2. The molecule has 7 heteroatoms. The molecule has 7 nitrogen and oxygen atoms in total. The van der Waals surface area contributed by atoms with Crippen LogP contribution in [0.1, 0.15) is 40.5 Å². The Bertz CT molecular complexity index is 905. The van der Waals surface area contributed by atoms with Gasteiger partial charge in [-0.3, -0.25) is 4.90 Å². The van der Waals surface area contributed by atoms with Gasteiger partial charge in [0.1, 0.15) is 12.2 Å². The minimum Gasteiger partial charge on any atom is -0.478 e. The van der Waals surface area contributed by atoms with E-state index in [-0.39, 0.29) is 0 Å². The Labute approximate surface area is 145 Å². The van der Waals surface area contributed by atoms with E-state index < -0.39 is 5.97 Å². The van der Waals surface area contributed by atoms with E-state index in [9.17, 15) is 9.90 Å². The Morgan fingerprint density at radius 3 is 2.84 bits per heavy atom. The molecule has 1 fully saturated rings. The average molecular weight is 339 g/mol. The van der Waals surface area contributed by atoms with Gasteiger partial charge in [-0.25, -0.2) is 4.79 Å². The minimum atomic E-state index is -0.882. The molecule has 1 aliphatic rings. The van der Waals surface area contributed by atoms with Gasteiger partial charge in [0, 0.05) is 24.1 Å². The fraction of sp³-hybridized carbons (Fsp3) is 0.389. The van der Waals surface area contributed by atoms with E-state index in [1.807, 2.05) is 23.9 Å². The highest BCUT2D eigenvalue weighted by Crippen LogP contribution is 2.33. The summed E-state index contributed by atoms with van der Waals surface area (Å²) in [7, 11) is 1.97. The zero-order valence-electron chi connectivity index (χ0n) is 14.1. The first-order valence-corrected chi connectivity index (χ1v) is 8.51. The lowest BCUT2D eigenvalue weighted by Gasteiger charge is -2.31. The molecule has 1 aromatic carbocycles. The van der Waals surface area contributed by atoms with Crippen molar-refractivity contribution < 1.29 is 9.90 Å². The van der Waals surface area contributed by atoms with Gasteiger partial charge in [0.15, 0.2) is 0 Å². The number of piperidine rings is 1. The topological polar surface area (TPSA) is 87.0 Å². The maximum absolute atomic E-state index is 11.2. The van der Waals surface area contributed by atoms with E-state index in [0.717, 1.165) is 49.2 Å². The van der Waals surface area contributed by atoms with Crippen LogP contribution >= 0.6 is 0 Å². The fourth-order valence-corrected chi connectivity index (χ4v) is 3.67. The first-order valence-electron chi connectivity index (χ1n) is 8.51. The molecule has 2 N–H and O–H groups in total. The van der Waals surface area contributed by atoms with Crippen LogP contribution in [0.5, 0.6) is 0 Å². The quantitative estimate of drug-likeness (QED) is 0.762. The smallest absolute Gasteiger partial charge is 0.335 e. The number of hydrogen-bond acceptors (Lipinski definition) is 4. The van der Waals surface area contributed by atoms with E-state index in [1.54, 1.807) is 18.5 Å². The molecule has 4 rings (SSSR count). The number of aromatic nitrogens is 4. The number of carbonyl (C=O) groups is 1. The number of aromatic carboxylic acids is 1. The Morgan fingerprint density at radius 2 is 2.16 bits per heavy atom. The first kappa shape index (κ1) is 15.8. The highest BCUT2D eigenvalue weighted by Gasteiger charge is 2.24. The summed E-state index contributed by atoms with van der Waals surface area (Å²) in [6, 6.07) is 5.29. The lowest BCUT2D eigenvalue weighted by Crippen LogP contribution is -2.33. The van der Waals surface area contributed by atoms with Crippen LogP contribution in [0.2, 0.25) is 0 Å². The molecule has 0 aliphatic carbocycles. The number of likely N-dealkylation sites (tertiary alicyclic amines) is 1. The number of carboxylic acid groups (broad SMARTS) is 1. The number of aryl methyl sites for hydroxylation is 1. The second kappa shape index (κ2) is 6.33. The average Bonchev–Trinajstić information content (AvgIpc) is 3.21. The van der Waals surface area contributed by atoms with E-state index in [2.05, 4.69) is 20.1 Å². The molecule has 0 atom stereocenters.